The second-order valence-electron chi connectivity index (χ2n) is 7.00. The normalized spacial score (nSPS) is 16.0. The van der Waals surface area contributed by atoms with Gasteiger partial charge in [-0.2, -0.15) is 5.10 Å². The number of hydrazone groups is 1. The van der Waals surface area contributed by atoms with Gasteiger partial charge in [0.25, 0.3) is 0 Å². The van der Waals surface area contributed by atoms with Crippen molar-refractivity contribution < 1.29 is 19.1 Å². The van der Waals surface area contributed by atoms with E-state index in [9.17, 15) is 9.59 Å². The van der Waals surface area contributed by atoms with Crippen LogP contribution in [-0.4, -0.2) is 40.8 Å². The lowest BCUT2D eigenvalue weighted by Crippen LogP contribution is -2.34. The molecular weight excluding hydrogens is 414 g/mol. The molecule has 7 nitrogen and oxygen atoms in total. The second kappa shape index (κ2) is 10.3. The largest absolute Gasteiger partial charge is 0.493 e. The second-order valence-corrected chi connectivity index (χ2v) is 8.15. The molecule has 0 aliphatic carbocycles. The third-order valence-corrected chi connectivity index (χ3v) is 5.98. The molecule has 0 radical (unpaired) electrons. The first-order valence-corrected chi connectivity index (χ1v) is 11.1. The maximum absolute atomic E-state index is 12.7. The first-order valence-electron chi connectivity index (χ1n) is 10.2. The number of nitrogens with one attached hydrogen (secondary N) is 1. The van der Waals surface area contributed by atoms with Crippen molar-refractivity contribution in [2.24, 2.45) is 5.10 Å². The van der Waals surface area contributed by atoms with Gasteiger partial charge >= 0.3 is 5.24 Å². The van der Waals surface area contributed by atoms with Gasteiger partial charge in [-0.25, -0.2) is 5.01 Å². The van der Waals surface area contributed by atoms with E-state index >= 15 is 0 Å². The molecule has 1 atom stereocenters. The Morgan fingerprint density at radius 2 is 1.90 bits per heavy atom. The lowest BCUT2D eigenvalue weighted by molar-refractivity contribution is -0.114. The minimum absolute atomic E-state index is 0.0336. The molecule has 1 unspecified atom stereocenters. The Morgan fingerprint density at radius 3 is 2.52 bits per heavy atom. The Bertz CT molecular complexity index is 975. The molecule has 1 heterocycles. The van der Waals surface area contributed by atoms with Crippen LogP contribution in [0.3, 0.4) is 0 Å². The predicted octanol–water partition coefficient (Wildman–Crippen LogP) is 4.90. The highest BCUT2D eigenvalue weighted by Crippen LogP contribution is 2.34. The lowest BCUT2D eigenvalue weighted by Gasteiger charge is -2.28. The van der Waals surface area contributed by atoms with E-state index in [0.717, 1.165) is 23.3 Å². The van der Waals surface area contributed by atoms with Gasteiger partial charge in [0.2, 0.25) is 5.91 Å². The van der Waals surface area contributed by atoms with Crippen molar-refractivity contribution in [3.05, 3.63) is 53.6 Å². The van der Waals surface area contributed by atoms with E-state index in [2.05, 4.69) is 5.32 Å². The molecule has 2 aromatic rings. The fourth-order valence-corrected chi connectivity index (χ4v) is 4.20. The van der Waals surface area contributed by atoms with Crippen molar-refractivity contribution >= 4 is 34.3 Å². The van der Waals surface area contributed by atoms with E-state index < -0.39 is 0 Å². The Morgan fingerprint density at radius 1 is 1.16 bits per heavy atom. The molecule has 2 aromatic carbocycles. The number of carbonyl (C=O) groups is 2. The summed E-state index contributed by atoms with van der Waals surface area (Å²) in [7, 11) is 1.61. The van der Waals surface area contributed by atoms with Gasteiger partial charge in [0.05, 0.1) is 31.2 Å². The Kier molecular flexibility index (Phi) is 7.57. The van der Waals surface area contributed by atoms with Crippen LogP contribution in [0.2, 0.25) is 0 Å². The zero-order chi connectivity index (χ0) is 22.4. The summed E-state index contributed by atoms with van der Waals surface area (Å²) >= 11 is 1.28. The number of amides is 2. The van der Waals surface area contributed by atoms with Crippen molar-refractivity contribution in [2.75, 3.05) is 19.0 Å². The van der Waals surface area contributed by atoms with Crippen LogP contribution in [0.5, 0.6) is 11.5 Å². The summed E-state index contributed by atoms with van der Waals surface area (Å²) in [5.74, 6) is 1.19. The average molecular weight is 442 g/mol. The molecule has 0 saturated heterocycles. The van der Waals surface area contributed by atoms with Crippen LogP contribution in [0.25, 0.3) is 0 Å². The Balaban J connectivity index is 1.88. The molecule has 0 aromatic heterocycles. The van der Waals surface area contributed by atoms with Crippen LogP contribution in [0, 0.1) is 0 Å². The smallest absolute Gasteiger partial charge is 0.302 e. The highest BCUT2D eigenvalue weighted by Gasteiger charge is 2.30. The van der Waals surface area contributed by atoms with Gasteiger partial charge in [-0.1, -0.05) is 30.8 Å². The summed E-state index contributed by atoms with van der Waals surface area (Å²) < 4.78 is 11.1. The van der Waals surface area contributed by atoms with E-state index in [1.807, 2.05) is 56.3 Å². The number of methoxy groups -OCH3 is 1. The minimum atomic E-state index is -0.124. The fourth-order valence-electron chi connectivity index (χ4n) is 3.27. The maximum atomic E-state index is 12.7. The van der Waals surface area contributed by atoms with Gasteiger partial charge in [-0.05, 0) is 49.2 Å². The standard InChI is InChI=1S/C23H27N3O4S/c1-5-21-22(17-9-12-19(29-4)20(13-17)30-6-2)25-26(23(28)31-21)14-16-7-10-18(11-8-16)24-15(3)27/h7-13,21H,5-6,14H2,1-4H3,(H,24,27). The van der Waals surface area contributed by atoms with Crippen molar-refractivity contribution in [1.29, 1.82) is 0 Å². The van der Waals surface area contributed by atoms with Crippen LogP contribution >= 0.6 is 11.8 Å². The van der Waals surface area contributed by atoms with Gasteiger partial charge < -0.3 is 14.8 Å². The minimum Gasteiger partial charge on any atom is -0.493 e. The third kappa shape index (κ3) is 5.58. The molecule has 0 saturated carbocycles. The highest BCUT2D eigenvalue weighted by molar-refractivity contribution is 8.14. The Labute approximate surface area is 186 Å². The van der Waals surface area contributed by atoms with E-state index in [0.29, 0.717) is 30.3 Å². The maximum Gasteiger partial charge on any atom is 0.302 e. The summed E-state index contributed by atoms with van der Waals surface area (Å²) in [5.41, 5.74) is 3.38. The molecule has 0 spiro atoms. The molecule has 0 fully saturated rings. The van der Waals surface area contributed by atoms with Gasteiger partial charge in [0, 0.05) is 18.2 Å². The molecular formula is C23H27N3O4S. The first-order chi connectivity index (χ1) is 14.9. The van der Waals surface area contributed by atoms with E-state index in [4.69, 9.17) is 14.6 Å². The third-order valence-electron chi connectivity index (χ3n) is 4.72. The summed E-state index contributed by atoms with van der Waals surface area (Å²) in [6.07, 6.45) is 0.782. The number of thioether (sulfide) groups is 1. The summed E-state index contributed by atoms with van der Waals surface area (Å²) in [4.78, 5) is 23.9. The van der Waals surface area contributed by atoms with Crippen molar-refractivity contribution in [1.82, 2.24) is 5.01 Å². The SMILES string of the molecule is CCOc1cc(C2=NN(Cc3ccc(NC(C)=O)cc3)C(=O)SC2CC)ccc1OC. The molecule has 164 valence electrons. The first kappa shape index (κ1) is 22.7. The van der Waals surface area contributed by atoms with Gasteiger partial charge in [-0.3, -0.25) is 9.59 Å². The molecule has 1 aliphatic heterocycles. The monoisotopic (exact) mass is 441 g/mol. The number of anilines is 1. The van der Waals surface area contributed by atoms with Crippen molar-refractivity contribution in [3.63, 3.8) is 0 Å². The van der Waals surface area contributed by atoms with E-state index in [-0.39, 0.29) is 16.4 Å². The fraction of sp³-hybridized carbons (Fsp3) is 0.348. The number of hydrogen-bond donors (Lipinski definition) is 1. The number of nitrogens with zero attached hydrogens (tertiary/aromatic N) is 2. The zero-order valence-corrected chi connectivity index (χ0v) is 19.0. The Hall–Kier alpha value is -3.00. The van der Waals surface area contributed by atoms with Crippen molar-refractivity contribution in [2.45, 2.75) is 39.0 Å². The van der Waals surface area contributed by atoms with Gasteiger partial charge in [-0.15, -0.1) is 0 Å². The van der Waals surface area contributed by atoms with Crippen LogP contribution in [0.4, 0.5) is 10.5 Å². The lowest BCUT2D eigenvalue weighted by atomic mass is 10.0. The molecule has 8 heteroatoms. The highest BCUT2D eigenvalue weighted by atomic mass is 32.2. The van der Waals surface area contributed by atoms with Crippen LogP contribution in [-0.2, 0) is 11.3 Å². The summed E-state index contributed by atoms with van der Waals surface area (Å²) in [5, 5.41) is 8.83. The molecule has 3 rings (SSSR count). The topological polar surface area (TPSA) is 80.2 Å². The number of benzene rings is 2. The van der Waals surface area contributed by atoms with E-state index in [1.54, 1.807) is 7.11 Å². The molecule has 1 aliphatic rings. The number of hydrogen-bond acceptors (Lipinski definition) is 6. The summed E-state index contributed by atoms with van der Waals surface area (Å²) in [6.45, 7) is 6.31. The van der Waals surface area contributed by atoms with Crippen molar-refractivity contribution in [3.8, 4) is 11.5 Å². The van der Waals surface area contributed by atoms with Gasteiger partial charge in [0.15, 0.2) is 11.5 Å². The summed E-state index contributed by atoms with van der Waals surface area (Å²) in [6, 6.07) is 13.1. The predicted molar refractivity (Wildman–Crippen MR) is 124 cm³/mol. The zero-order valence-electron chi connectivity index (χ0n) is 18.2. The molecule has 0 bridgehead atoms. The number of rotatable bonds is 8. The van der Waals surface area contributed by atoms with Crippen LogP contribution in [0.1, 0.15) is 38.3 Å². The van der Waals surface area contributed by atoms with E-state index in [1.165, 1.54) is 23.7 Å². The molecule has 31 heavy (non-hydrogen) atoms. The van der Waals surface area contributed by atoms with Crippen LogP contribution < -0.4 is 14.8 Å². The quantitative estimate of drug-likeness (QED) is 0.630. The molecule has 2 amide bonds. The van der Waals surface area contributed by atoms with Crippen LogP contribution in [0.15, 0.2) is 47.6 Å². The average Bonchev–Trinajstić information content (AvgIpc) is 2.76. The molecule has 1 N–H and O–H groups in total. The number of carbonyl (C=O) groups excluding carboxylic acids is 2. The number of ether oxygens (including phenoxy) is 2. The van der Waals surface area contributed by atoms with Gasteiger partial charge in [0.1, 0.15) is 0 Å².